The molecule has 1 aliphatic heterocycles. The van der Waals surface area contributed by atoms with Gasteiger partial charge in [0.15, 0.2) is 5.96 Å². The maximum Gasteiger partial charge on any atom is 0.229 e. The van der Waals surface area contributed by atoms with Gasteiger partial charge in [-0.1, -0.05) is 18.2 Å². The number of hydrogen-bond acceptors (Lipinski definition) is 4. The summed E-state index contributed by atoms with van der Waals surface area (Å²) in [5, 5.41) is 6.36. The molecule has 0 aliphatic carbocycles. The van der Waals surface area contributed by atoms with Gasteiger partial charge in [0.05, 0.1) is 7.11 Å². The number of likely N-dealkylation sites (tertiary alicyclic amines) is 1. The van der Waals surface area contributed by atoms with Gasteiger partial charge in [0, 0.05) is 39.0 Å². The van der Waals surface area contributed by atoms with E-state index in [4.69, 9.17) is 4.74 Å². The Kier molecular flexibility index (Phi) is 7.92. The number of para-hydroxylation sites is 1. The first-order valence-electron chi connectivity index (χ1n) is 9.13. The largest absolute Gasteiger partial charge is 0.496 e. The van der Waals surface area contributed by atoms with E-state index in [1.807, 2.05) is 31.2 Å². The molecule has 1 aromatic carbocycles. The van der Waals surface area contributed by atoms with Crippen LogP contribution in [0.1, 0.15) is 31.7 Å². The van der Waals surface area contributed by atoms with Gasteiger partial charge < -0.3 is 15.4 Å². The number of amides is 2. The fourth-order valence-corrected chi connectivity index (χ4v) is 2.87. The number of nitrogens with one attached hydrogen (secondary N) is 2. The standard InChI is InChI=1S/C19H28N4O3/c1-3-20-19(21-12-11-15-7-4-5-8-16(15)26-2)22-13-14-23-17(24)9-6-10-18(23)25/h4-5,7-8H,3,6,9-14H2,1-2H3,(H2,20,21,22). The second-order valence-electron chi connectivity index (χ2n) is 6.04. The van der Waals surface area contributed by atoms with E-state index < -0.39 is 0 Å². The van der Waals surface area contributed by atoms with E-state index in [1.165, 1.54) is 4.90 Å². The number of ether oxygens (including phenoxy) is 1. The second-order valence-corrected chi connectivity index (χ2v) is 6.04. The van der Waals surface area contributed by atoms with Gasteiger partial charge in [-0.25, -0.2) is 0 Å². The van der Waals surface area contributed by atoms with E-state index in [2.05, 4.69) is 15.6 Å². The normalized spacial score (nSPS) is 15.2. The van der Waals surface area contributed by atoms with Gasteiger partial charge >= 0.3 is 0 Å². The Morgan fingerprint density at radius 3 is 2.62 bits per heavy atom. The molecule has 0 radical (unpaired) electrons. The minimum Gasteiger partial charge on any atom is -0.496 e. The lowest BCUT2D eigenvalue weighted by Gasteiger charge is -2.25. The van der Waals surface area contributed by atoms with Crippen LogP contribution < -0.4 is 15.4 Å². The molecule has 1 fully saturated rings. The van der Waals surface area contributed by atoms with Crippen LogP contribution in [0.5, 0.6) is 5.75 Å². The second kappa shape index (κ2) is 10.4. The lowest BCUT2D eigenvalue weighted by atomic mass is 10.1. The molecule has 0 saturated carbocycles. The molecule has 0 unspecified atom stereocenters. The van der Waals surface area contributed by atoms with E-state index >= 15 is 0 Å². The molecule has 1 aromatic rings. The molecule has 2 N–H and O–H groups in total. The summed E-state index contributed by atoms with van der Waals surface area (Å²) in [5.74, 6) is 1.38. The number of piperidine rings is 1. The lowest BCUT2D eigenvalue weighted by Crippen LogP contribution is -2.46. The minimum absolute atomic E-state index is 0.0823. The van der Waals surface area contributed by atoms with E-state index in [9.17, 15) is 9.59 Å². The van der Waals surface area contributed by atoms with Crippen molar-refractivity contribution >= 4 is 17.8 Å². The molecule has 0 atom stereocenters. The van der Waals surface area contributed by atoms with Crippen molar-refractivity contribution in [3.05, 3.63) is 29.8 Å². The third-order valence-corrected chi connectivity index (χ3v) is 4.20. The molecule has 1 saturated heterocycles. The van der Waals surface area contributed by atoms with E-state index in [0.717, 1.165) is 24.3 Å². The van der Waals surface area contributed by atoms with Gasteiger partial charge in [-0.15, -0.1) is 0 Å². The van der Waals surface area contributed by atoms with Gasteiger partial charge in [0.1, 0.15) is 5.75 Å². The smallest absolute Gasteiger partial charge is 0.229 e. The fraction of sp³-hybridized carbons (Fsp3) is 0.526. The van der Waals surface area contributed by atoms with Crippen LogP contribution in [-0.2, 0) is 16.0 Å². The average Bonchev–Trinajstić information content (AvgIpc) is 2.64. The van der Waals surface area contributed by atoms with Crippen LogP contribution in [0, 0.1) is 0 Å². The topological polar surface area (TPSA) is 83.0 Å². The number of nitrogens with zero attached hydrogens (tertiary/aromatic N) is 2. The molecular formula is C19H28N4O3. The Hall–Kier alpha value is -2.57. The molecule has 2 rings (SSSR count). The van der Waals surface area contributed by atoms with Crippen molar-refractivity contribution in [2.45, 2.75) is 32.6 Å². The maximum atomic E-state index is 11.8. The van der Waals surface area contributed by atoms with Gasteiger partial charge in [-0.2, -0.15) is 0 Å². The number of benzene rings is 1. The van der Waals surface area contributed by atoms with Crippen LogP contribution in [-0.4, -0.2) is 56.0 Å². The summed E-state index contributed by atoms with van der Waals surface area (Å²) in [6.07, 6.45) is 2.34. The summed E-state index contributed by atoms with van der Waals surface area (Å²) in [4.78, 5) is 29.5. The molecule has 26 heavy (non-hydrogen) atoms. The average molecular weight is 360 g/mol. The van der Waals surface area contributed by atoms with Crippen molar-refractivity contribution in [2.75, 3.05) is 33.3 Å². The molecule has 1 heterocycles. The Morgan fingerprint density at radius 2 is 1.92 bits per heavy atom. The van der Waals surface area contributed by atoms with Crippen molar-refractivity contribution in [3.63, 3.8) is 0 Å². The zero-order valence-corrected chi connectivity index (χ0v) is 15.6. The monoisotopic (exact) mass is 360 g/mol. The Labute approximate surface area is 154 Å². The summed E-state index contributed by atoms with van der Waals surface area (Å²) < 4.78 is 5.35. The number of imide groups is 1. The van der Waals surface area contributed by atoms with Crippen LogP contribution in [0.3, 0.4) is 0 Å². The Balaban J connectivity index is 1.84. The molecule has 1 aliphatic rings. The van der Waals surface area contributed by atoms with Crippen LogP contribution in [0.4, 0.5) is 0 Å². The van der Waals surface area contributed by atoms with Gasteiger partial charge in [0.25, 0.3) is 0 Å². The van der Waals surface area contributed by atoms with Gasteiger partial charge in [0.2, 0.25) is 11.8 Å². The van der Waals surface area contributed by atoms with Gasteiger partial charge in [-0.05, 0) is 31.4 Å². The number of rotatable bonds is 8. The molecule has 0 spiro atoms. The maximum absolute atomic E-state index is 11.8. The number of carbonyl (C=O) groups is 2. The van der Waals surface area contributed by atoms with E-state index in [0.29, 0.717) is 44.9 Å². The van der Waals surface area contributed by atoms with Gasteiger partial charge in [-0.3, -0.25) is 19.5 Å². The zero-order valence-electron chi connectivity index (χ0n) is 15.6. The Morgan fingerprint density at radius 1 is 1.19 bits per heavy atom. The van der Waals surface area contributed by atoms with Crippen molar-refractivity contribution in [1.82, 2.24) is 15.5 Å². The molecule has 7 heteroatoms. The van der Waals surface area contributed by atoms with Crippen LogP contribution in [0.25, 0.3) is 0 Å². The highest BCUT2D eigenvalue weighted by atomic mass is 16.5. The quantitative estimate of drug-likeness (QED) is 0.415. The van der Waals surface area contributed by atoms with E-state index in [-0.39, 0.29) is 11.8 Å². The highest BCUT2D eigenvalue weighted by Gasteiger charge is 2.25. The third kappa shape index (κ3) is 5.75. The summed E-state index contributed by atoms with van der Waals surface area (Å²) in [6.45, 7) is 4.20. The summed E-state index contributed by atoms with van der Waals surface area (Å²) in [6, 6.07) is 7.90. The van der Waals surface area contributed by atoms with Crippen molar-refractivity contribution in [1.29, 1.82) is 0 Å². The number of carbonyl (C=O) groups excluding carboxylic acids is 2. The summed E-state index contributed by atoms with van der Waals surface area (Å²) in [7, 11) is 1.66. The fourth-order valence-electron chi connectivity index (χ4n) is 2.87. The van der Waals surface area contributed by atoms with Crippen molar-refractivity contribution in [2.24, 2.45) is 4.99 Å². The molecule has 0 bridgehead atoms. The first-order chi connectivity index (χ1) is 12.7. The van der Waals surface area contributed by atoms with Crippen molar-refractivity contribution in [3.8, 4) is 5.75 Å². The third-order valence-electron chi connectivity index (χ3n) is 4.20. The minimum atomic E-state index is -0.0823. The molecule has 7 nitrogen and oxygen atoms in total. The molecular weight excluding hydrogens is 332 g/mol. The summed E-state index contributed by atoms with van der Waals surface area (Å²) in [5.41, 5.74) is 1.11. The molecule has 0 aromatic heterocycles. The van der Waals surface area contributed by atoms with Crippen LogP contribution in [0.2, 0.25) is 0 Å². The molecule has 142 valence electrons. The van der Waals surface area contributed by atoms with Crippen LogP contribution >= 0.6 is 0 Å². The summed E-state index contributed by atoms with van der Waals surface area (Å²) >= 11 is 0. The first kappa shape index (κ1) is 19.8. The number of hydrogen-bond donors (Lipinski definition) is 2. The SMILES string of the molecule is CCNC(=NCCc1ccccc1OC)NCCN1C(=O)CCCC1=O. The highest BCUT2D eigenvalue weighted by Crippen LogP contribution is 2.17. The number of guanidine groups is 1. The number of methoxy groups -OCH3 is 1. The van der Waals surface area contributed by atoms with E-state index in [1.54, 1.807) is 7.11 Å². The predicted octanol–water partition coefficient (Wildman–Crippen LogP) is 1.33. The zero-order chi connectivity index (χ0) is 18.8. The molecule has 2 amide bonds. The predicted molar refractivity (Wildman–Crippen MR) is 101 cm³/mol. The van der Waals surface area contributed by atoms with Crippen molar-refractivity contribution < 1.29 is 14.3 Å². The van der Waals surface area contributed by atoms with Crippen LogP contribution in [0.15, 0.2) is 29.3 Å². The highest BCUT2D eigenvalue weighted by molar-refractivity contribution is 5.97. The number of aliphatic imine (C=N–C) groups is 1. The first-order valence-corrected chi connectivity index (χ1v) is 9.13. The Bertz CT molecular complexity index is 629. The lowest BCUT2D eigenvalue weighted by molar-refractivity contribution is -0.147.